The first kappa shape index (κ1) is 12.0. The number of rotatable bonds is 2. The van der Waals surface area contributed by atoms with Crippen LogP contribution in [0.3, 0.4) is 0 Å². The topological polar surface area (TPSA) is 101 Å². The van der Waals surface area contributed by atoms with Crippen molar-refractivity contribution in [1.82, 2.24) is 5.32 Å². The van der Waals surface area contributed by atoms with Crippen LogP contribution >= 0.6 is 0 Å². The normalized spacial score (nSPS) is 40.2. The van der Waals surface area contributed by atoms with Crippen molar-refractivity contribution in [2.75, 3.05) is 17.3 Å². The summed E-state index contributed by atoms with van der Waals surface area (Å²) in [5, 5.41) is 13.5. The van der Waals surface area contributed by atoms with Gasteiger partial charge in [0.05, 0.1) is 23.4 Å². The predicted octanol–water partition coefficient (Wildman–Crippen LogP) is -1.96. The first-order valence-electron chi connectivity index (χ1n) is 4.83. The molecule has 1 saturated heterocycles. The van der Waals surface area contributed by atoms with E-state index in [1.54, 1.807) is 0 Å². The van der Waals surface area contributed by atoms with Gasteiger partial charge in [-0.3, -0.25) is 0 Å². The van der Waals surface area contributed by atoms with Crippen LogP contribution in [0.5, 0.6) is 0 Å². The van der Waals surface area contributed by atoms with Crippen molar-refractivity contribution in [3.63, 3.8) is 0 Å². The summed E-state index contributed by atoms with van der Waals surface area (Å²) in [4.78, 5) is 0. The van der Waals surface area contributed by atoms with Crippen molar-refractivity contribution in [3.05, 3.63) is 11.5 Å². The first-order chi connectivity index (χ1) is 7.27. The van der Waals surface area contributed by atoms with Gasteiger partial charge in [0.1, 0.15) is 0 Å². The summed E-state index contributed by atoms with van der Waals surface area (Å²) in [5.74, 6) is -0.470. The Labute approximate surface area is 94.2 Å². The molecule has 0 bridgehead atoms. The zero-order valence-electron chi connectivity index (χ0n) is 8.40. The third kappa shape index (κ3) is 2.62. The zero-order chi connectivity index (χ0) is 12.0. The van der Waals surface area contributed by atoms with Gasteiger partial charge in [-0.25, -0.2) is 16.8 Å². The SMILES string of the molecule is O=S1(=O)C=CC(NC2CS(=O)(=O)CC2O)C1. The van der Waals surface area contributed by atoms with E-state index in [4.69, 9.17) is 0 Å². The highest BCUT2D eigenvalue weighted by Crippen LogP contribution is 2.15. The lowest BCUT2D eigenvalue weighted by atomic mass is 10.2. The van der Waals surface area contributed by atoms with E-state index in [0.717, 1.165) is 5.41 Å². The Morgan fingerprint density at radius 1 is 1.12 bits per heavy atom. The smallest absolute Gasteiger partial charge is 0.173 e. The van der Waals surface area contributed by atoms with Gasteiger partial charge in [0.2, 0.25) is 0 Å². The molecule has 0 aliphatic carbocycles. The van der Waals surface area contributed by atoms with Crippen molar-refractivity contribution in [2.45, 2.75) is 18.2 Å². The molecular weight excluding hydrogens is 254 g/mol. The minimum Gasteiger partial charge on any atom is -0.390 e. The van der Waals surface area contributed by atoms with Crippen LogP contribution in [0.2, 0.25) is 0 Å². The highest BCUT2D eigenvalue weighted by atomic mass is 32.2. The molecule has 2 aliphatic heterocycles. The standard InChI is InChI=1S/C8H13NO5S2/c10-8-5-16(13,14)4-7(8)9-6-1-2-15(11,12)3-6/h1-2,6-10H,3-5H2. The minimum absolute atomic E-state index is 0.0731. The van der Waals surface area contributed by atoms with E-state index in [1.165, 1.54) is 6.08 Å². The molecule has 3 unspecified atom stereocenters. The van der Waals surface area contributed by atoms with Gasteiger partial charge < -0.3 is 10.4 Å². The second-order valence-electron chi connectivity index (χ2n) is 4.18. The van der Waals surface area contributed by atoms with E-state index in [1.807, 2.05) is 0 Å². The molecular formula is C8H13NO5S2. The Morgan fingerprint density at radius 3 is 2.25 bits per heavy atom. The molecule has 16 heavy (non-hydrogen) atoms. The van der Waals surface area contributed by atoms with E-state index < -0.39 is 37.9 Å². The lowest BCUT2D eigenvalue weighted by molar-refractivity contribution is 0.163. The van der Waals surface area contributed by atoms with Crippen LogP contribution in [0.4, 0.5) is 0 Å². The summed E-state index contributed by atoms with van der Waals surface area (Å²) in [6.07, 6.45) is 0.522. The van der Waals surface area contributed by atoms with Crippen LogP contribution in [-0.2, 0) is 19.7 Å². The maximum absolute atomic E-state index is 11.2. The molecule has 8 heteroatoms. The average Bonchev–Trinajstić information content (AvgIpc) is 2.53. The number of hydrogen-bond acceptors (Lipinski definition) is 6. The van der Waals surface area contributed by atoms with Gasteiger partial charge in [0.25, 0.3) is 0 Å². The van der Waals surface area contributed by atoms with Crippen LogP contribution in [-0.4, -0.2) is 57.4 Å². The summed E-state index contributed by atoms with van der Waals surface area (Å²) in [5.41, 5.74) is 0. The van der Waals surface area contributed by atoms with Gasteiger partial charge in [0, 0.05) is 17.5 Å². The lowest BCUT2D eigenvalue weighted by Crippen LogP contribution is -2.45. The first-order valence-corrected chi connectivity index (χ1v) is 8.37. The number of nitrogens with one attached hydrogen (secondary N) is 1. The second kappa shape index (κ2) is 3.80. The Balaban J connectivity index is 2.00. The van der Waals surface area contributed by atoms with Crippen molar-refractivity contribution in [2.24, 2.45) is 0 Å². The Morgan fingerprint density at radius 2 is 1.81 bits per heavy atom. The maximum atomic E-state index is 11.2. The molecule has 2 rings (SSSR count). The van der Waals surface area contributed by atoms with Crippen molar-refractivity contribution >= 4 is 19.7 Å². The summed E-state index contributed by atoms with van der Waals surface area (Å²) in [6, 6.07) is -0.981. The van der Waals surface area contributed by atoms with Crippen LogP contribution in [0.15, 0.2) is 11.5 Å². The lowest BCUT2D eigenvalue weighted by Gasteiger charge is -2.18. The van der Waals surface area contributed by atoms with Crippen molar-refractivity contribution < 1.29 is 21.9 Å². The molecule has 0 aromatic heterocycles. The summed E-state index contributed by atoms with van der Waals surface area (Å²) >= 11 is 0. The van der Waals surface area contributed by atoms with Crippen molar-refractivity contribution in [1.29, 1.82) is 0 Å². The summed E-state index contributed by atoms with van der Waals surface area (Å²) in [6.45, 7) is 0. The van der Waals surface area contributed by atoms with Gasteiger partial charge >= 0.3 is 0 Å². The van der Waals surface area contributed by atoms with Gasteiger partial charge in [0.15, 0.2) is 19.7 Å². The Kier molecular flexibility index (Phi) is 2.85. The van der Waals surface area contributed by atoms with Crippen LogP contribution in [0, 0.1) is 0 Å². The zero-order valence-corrected chi connectivity index (χ0v) is 10.0. The molecule has 1 fully saturated rings. The largest absolute Gasteiger partial charge is 0.390 e. The van der Waals surface area contributed by atoms with E-state index in [9.17, 15) is 21.9 Å². The second-order valence-corrected chi connectivity index (χ2v) is 8.27. The summed E-state index contributed by atoms with van der Waals surface area (Å²) in [7, 11) is -6.36. The Bertz CT molecular complexity index is 507. The third-order valence-electron chi connectivity index (χ3n) is 2.68. The molecule has 2 heterocycles. The molecule has 0 aromatic rings. The molecule has 0 saturated carbocycles. The molecule has 0 aromatic carbocycles. The highest BCUT2D eigenvalue weighted by Gasteiger charge is 2.38. The predicted molar refractivity (Wildman–Crippen MR) is 58.3 cm³/mol. The Hall–Kier alpha value is -0.440. The minimum atomic E-state index is -3.20. The monoisotopic (exact) mass is 267 g/mol. The van der Waals surface area contributed by atoms with Crippen molar-refractivity contribution in [3.8, 4) is 0 Å². The summed E-state index contributed by atoms with van der Waals surface area (Å²) < 4.78 is 44.7. The van der Waals surface area contributed by atoms with E-state index in [-0.39, 0.29) is 17.3 Å². The molecule has 3 atom stereocenters. The number of hydrogen-bond donors (Lipinski definition) is 2. The van der Waals surface area contributed by atoms with E-state index in [0.29, 0.717) is 0 Å². The van der Waals surface area contributed by atoms with Gasteiger partial charge in [-0.15, -0.1) is 0 Å². The fourth-order valence-corrected chi connectivity index (χ4v) is 4.95. The molecule has 0 spiro atoms. The quantitative estimate of drug-likeness (QED) is 0.603. The van der Waals surface area contributed by atoms with Crippen LogP contribution in [0.1, 0.15) is 0 Å². The van der Waals surface area contributed by atoms with E-state index in [2.05, 4.69) is 5.32 Å². The molecule has 92 valence electrons. The van der Waals surface area contributed by atoms with Crippen LogP contribution < -0.4 is 5.32 Å². The van der Waals surface area contributed by atoms with Gasteiger partial charge in [-0.2, -0.15) is 0 Å². The number of sulfone groups is 2. The highest BCUT2D eigenvalue weighted by molar-refractivity contribution is 7.94. The molecule has 2 aliphatic rings. The number of aliphatic hydroxyl groups excluding tert-OH is 1. The average molecular weight is 267 g/mol. The molecule has 2 N–H and O–H groups in total. The fourth-order valence-electron chi connectivity index (χ4n) is 1.94. The molecule has 6 nitrogen and oxygen atoms in total. The van der Waals surface area contributed by atoms with Crippen LogP contribution in [0.25, 0.3) is 0 Å². The molecule has 0 amide bonds. The number of aliphatic hydroxyl groups is 1. The van der Waals surface area contributed by atoms with E-state index >= 15 is 0 Å². The fraction of sp³-hybridized carbons (Fsp3) is 0.750. The van der Waals surface area contributed by atoms with Gasteiger partial charge in [-0.05, 0) is 0 Å². The maximum Gasteiger partial charge on any atom is 0.173 e. The third-order valence-corrected chi connectivity index (χ3v) is 5.79. The van der Waals surface area contributed by atoms with Gasteiger partial charge in [-0.1, -0.05) is 6.08 Å². The molecule has 0 radical (unpaired) electrons.